The van der Waals surface area contributed by atoms with Crippen LogP contribution in [0.3, 0.4) is 0 Å². The molecule has 0 unspecified atom stereocenters. The van der Waals surface area contributed by atoms with E-state index in [1.165, 1.54) is 25.7 Å². The Bertz CT molecular complexity index is 582. The molecule has 0 aromatic rings. The van der Waals surface area contributed by atoms with E-state index in [2.05, 4.69) is 50.9 Å². The van der Waals surface area contributed by atoms with Crippen molar-refractivity contribution in [3.8, 4) is 0 Å². The Morgan fingerprint density at radius 1 is 0.923 bits per heavy atom. The first-order valence-corrected chi connectivity index (χ1v) is 15.5. The summed E-state index contributed by atoms with van der Waals surface area (Å²) in [6, 6.07) is 0.187. The Morgan fingerprint density at radius 2 is 1.38 bits per heavy atom. The van der Waals surface area contributed by atoms with Crippen LogP contribution >= 0.6 is 0 Å². The zero-order chi connectivity index (χ0) is 31.4. The molecular formula is C32H67N3O4. The van der Waals surface area contributed by atoms with Gasteiger partial charge in [-0.1, -0.05) is 87.5 Å². The molecule has 1 aliphatic carbocycles. The highest BCUT2D eigenvalue weighted by Gasteiger charge is 2.35. The maximum Gasteiger partial charge on any atom is 0.405 e. The quantitative estimate of drug-likeness (QED) is 0.219. The van der Waals surface area contributed by atoms with E-state index in [1.54, 1.807) is 20.8 Å². The van der Waals surface area contributed by atoms with Gasteiger partial charge in [0, 0.05) is 19.0 Å². The monoisotopic (exact) mass is 558 g/mol. The second-order valence-electron chi connectivity index (χ2n) is 10.8. The van der Waals surface area contributed by atoms with Gasteiger partial charge in [-0.25, -0.2) is 4.79 Å². The molecule has 3 N–H and O–H groups in total. The minimum atomic E-state index is -0.725. The van der Waals surface area contributed by atoms with Crippen molar-refractivity contribution in [3.63, 3.8) is 0 Å². The van der Waals surface area contributed by atoms with Crippen LogP contribution in [0.1, 0.15) is 147 Å². The lowest BCUT2D eigenvalue weighted by molar-refractivity contribution is -0.138. The van der Waals surface area contributed by atoms with Crippen molar-refractivity contribution in [2.24, 2.45) is 11.7 Å². The molecule has 2 rings (SSSR count). The number of amides is 3. The molecule has 1 heterocycles. The van der Waals surface area contributed by atoms with Gasteiger partial charge >= 0.3 is 6.09 Å². The normalized spacial score (nSPS) is 15.2. The molecule has 0 aromatic heterocycles. The van der Waals surface area contributed by atoms with Gasteiger partial charge in [0.1, 0.15) is 11.6 Å². The molecule has 0 aromatic carbocycles. The maximum absolute atomic E-state index is 12.3. The van der Waals surface area contributed by atoms with E-state index in [9.17, 15) is 14.4 Å². The van der Waals surface area contributed by atoms with E-state index in [0.29, 0.717) is 12.5 Å². The highest BCUT2D eigenvalue weighted by molar-refractivity contribution is 5.88. The van der Waals surface area contributed by atoms with Gasteiger partial charge in [-0.3, -0.25) is 9.59 Å². The average Bonchev–Trinajstić information content (AvgIpc) is 3.54. The second kappa shape index (κ2) is 28.9. The van der Waals surface area contributed by atoms with Crippen LogP contribution < -0.4 is 11.1 Å². The van der Waals surface area contributed by atoms with Crippen LogP contribution in [0.5, 0.6) is 0 Å². The third kappa shape index (κ3) is 32.1. The van der Waals surface area contributed by atoms with E-state index in [1.807, 2.05) is 32.6 Å². The Balaban J connectivity index is -0.000000283. The molecule has 0 radical (unpaired) electrons. The van der Waals surface area contributed by atoms with E-state index in [4.69, 9.17) is 5.73 Å². The van der Waals surface area contributed by atoms with Crippen molar-refractivity contribution in [2.45, 2.75) is 164 Å². The molecule has 7 nitrogen and oxygen atoms in total. The summed E-state index contributed by atoms with van der Waals surface area (Å²) in [4.78, 5) is 36.3. The van der Waals surface area contributed by atoms with Crippen molar-refractivity contribution in [1.29, 1.82) is 0 Å². The molecule has 39 heavy (non-hydrogen) atoms. The SMILES string of the molecule is C=C.CC.CC.CC(C)(C)OC(N)=O.CC(C)C.CCCCCCCCC(=O)N1CCC[C@H]1C(=O)NC1CC1. The zero-order valence-corrected chi connectivity index (χ0v) is 27.8. The summed E-state index contributed by atoms with van der Waals surface area (Å²) in [5, 5.41) is 3.04. The topological polar surface area (TPSA) is 102 Å². The van der Waals surface area contributed by atoms with Crippen LogP contribution in [0.4, 0.5) is 4.79 Å². The van der Waals surface area contributed by atoms with E-state index in [-0.39, 0.29) is 17.9 Å². The molecule has 2 aliphatic rings. The van der Waals surface area contributed by atoms with Gasteiger partial charge in [0.25, 0.3) is 0 Å². The van der Waals surface area contributed by atoms with Gasteiger partial charge in [-0.2, -0.15) is 0 Å². The first-order valence-electron chi connectivity index (χ1n) is 15.5. The first-order chi connectivity index (χ1) is 18.4. The number of primary amides is 1. The van der Waals surface area contributed by atoms with E-state index >= 15 is 0 Å². The fourth-order valence-corrected chi connectivity index (χ4v) is 3.36. The number of carbonyl (C=O) groups excluding carboxylic acids is 3. The van der Waals surface area contributed by atoms with Gasteiger partial charge in [-0.15, -0.1) is 13.2 Å². The number of ether oxygens (including phenoxy) is 1. The lowest BCUT2D eigenvalue weighted by Crippen LogP contribution is -2.46. The molecule has 7 heteroatoms. The van der Waals surface area contributed by atoms with Crippen LogP contribution in [0, 0.1) is 5.92 Å². The Morgan fingerprint density at radius 3 is 1.77 bits per heavy atom. The third-order valence-electron chi connectivity index (χ3n) is 4.95. The molecule has 1 atom stereocenters. The zero-order valence-electron chi connectivity index (χ0n) is 27.8. The van der Waals surface area contributed by atoms with Crippen LogP contribution in [-0.2, 0) is 14.3 Å². The predicted molar refractivity (Wildman–Crippen MR) is 169 cm³/mol. The lowest BCUT2D eigenvalue weighted by Gasteiger charge is -2.24. The van der Waals surface area contributed by atoms with Crippen molar-refractivity contribution >= 4 is 17.9 Å². The molecule has 2 fully saturated rings. The van der Waals surface area contributed by atoms with E-state index in [0.717, 1.165) is 51.0 Å². The summed E-state index contributed by atoms with van der Waals surface area (Å²) in [6.45, 7) is 28.8. The van der Waals surface area contributed by atoms with Gasteiger partial charge < -0.3 is 20.7 Å². The largest absolute Gasteiger partial charge is 0.444 e. The maximum atomic E-state index is 12.3. The van der Waals surface area contributed by atoms with Gasteiger partial charge in [0.2, 0.25) is 11.8 Å². The highest BCUT2D eigenvalue weighted by atomic mass is 16.6. The first kappa shape index (κ1) is 44.0. The molecule has 234 valence electrons. The van der Waals surface area contributed by atoms with Crippen LogP contribution in [-0.4, -0.2) is 47.0 Å². The Hall–Kier alpha value is -2.05. The number of hydrogen-bond donors (Lipinski definition) is 2. The lowest BCUT2D eigenvalue weighted by atomic mass is 10.1. The standard InChI is InChI=1S/C17H30N2O2.C5H11NO2.C4H10.2C2H6.C2H4/c1-2-3-4-5-6-7-10-16(20)19-13-8-9-15(19)17(21)18-14-11-12-14;1-5(2,3)8-4(6)7;1-4(2)3;3*1-2/h14-15H,2-13H2,1H3,(H,18,21);1-3H3,(H2,6,7);4H,1-3H3;2*1-2H3;1-2H2/t15-;;;;;/m0...../s1. The number of hydrogen-bond acceptors (Lipinski definition) is 4. The number of likely N-dealkylation sites (tertiary alicyclic amines) is 1. The van der Waals surface area contributed by atoms with E-state index < -0.39 is 11.7 Å². The fraction of sp³-hybridized carbons (Fsp3) is 0.844. The van der Waals surface area contributed by atoms with Gasteiger partial charge in [-0.05, 0) is 58.8 Å². The summed E-state index contributed by atoms with van der Waals surface area (Å²) in [7, 11) is 0. The molecule has 1 aliphatic heterocycles. The second-order valence-corrected chi connectivity index (χ2v) is 10.8. The number of nitrogens with one attached hydrogen (secondary N) is 1. The minimum absolute atomic E-state index is 0.0753. The predicted octanol–water partition coefficient (Wildman–Crippen LogP) is 8.40. The molecular weight excluding hydrogens is 490 g/mol. The minimum Gasteiger partial charge on any atom is -0.444 e. The summed E-state index contributed by atoms with van der Waals surface area (Å²) < 4.78 is 4.58. The van der Waals surface area contributed by atoms with Crippen molar-refractivity contribution < 1.29 is 19.1 Å². The Kier molecular flexibility index (Phi) is 32.6. The average molecular weight is 558 g/mol. The van der Waals surface area contributed by atoms with Crippen molar-refractivity contribution in [1.82, 2.24) is 10.2 Å². The Labute approximate surface area is 243 Å². The molecule has 3 amide bonds. The third-order valence-corrected chi connectivity index (χ3v) is 4.95. The molecule has 0 bridgehead atoms. The van der Waals surface area contributed by atoms with Crippen LogP contribution in [0.25, 0.3) is 0 Å². The number of carbonyl (C=O) groups is 3. The van der Waals surface area contributed by atoms with Gasteiger partial charge in [0.05, 0.1) is 0 Å². The number of unbranched alkanes of at least 4 members (excludes halogenated alkanes) is 5. The van der Waals surface area contributed by atoms with Crippen molar-refractivity contribution in [3.05, 3.63) is 13.2 Å². The highest BCUT2D eigenvalue weighted by Crippen LogP contribution is 2.23. The molecule has 0 spiro atoms. The summed E-state index contributed by atoms with van der Waals surface area (Å²) >= 11 is 0. The summed E-state index contributed by atoms with van der Waals surface area (Å²) in [5.41, 5.74) is 4.26. The van der Waals surface area contributed by atoms with Crippen molar-refractivity contribution in [2.75, 3.05) is 6.54 Å². The summed E-state index contributed by atoms with van der Waals surface area (Å²) in [5.74, 6) is 1.09. The molecule has 1 saturated carbocycles. The number of rotatable bonds is 9. The molecule has 1 saturated heterocycles. The van der Waals surface area contributed by atoms with Crippen LogP contribution in [0.2, 0.25) is 0 Å². The fourth-order valence-electron chi connectivity index (χ4n) is 3.36. The number of nitrogens with zero attached hydrogens (tertiary/aromatic N) is 1. The van der Waals surface area contributed by atoms with Gasteiger partial charge in [0.15, 0.2) is 0 Å². The van der Waals surface area contributed by atoms with Crippen LogP contribution in [0.15, 0.2) is 13.2 Å². The summed E-state index contributed by atoms with van der Waals surface area (Å²) in [6.07, 6.45) is 11.0. The smallest absolute Gasteiger partial charge is 0.405 e. The number of nitrogens with two attached hydrogens (primary N) is 1.